The van der Waals surface area contributed by atoms with Crippen LogP contribution >= 0.6 is 23.5 Å². The van der Waals surface area contributed by atoms with Crippen LogP contribution in [0.3, 0.4) is 0 Å². The topological polar surface area (TPSA) is 41.5 Å². The van der Waals surface area contributed by atoms with Crippen molar-refractivity contribution in [3.63, 3.8) is 0 Å². The van der Waals surface area contributed by atoms with Crippen molar-refractivity contribution in [2.75, 3.05) is 17.6 Å². The minimum atomic E-state index is -4.37. The van der Waals surface area contributed by atoms with Crippen molar-refractivity contribution in [3.8, 4) is 0 Å². The van der Waals surface area contributed by atoms with Crippen LogP contribution < -0.4 is 5.32 Å². The van der Waals surface area contributed by atoms with Crippen molar-refractivity contribution in [1.82, 2.24) is 0 Å². The highest BCUT2D eigenvalue weighted by molar-refractivity contribution is 8.39. The van der Waals surface area contributed by atoms with Crippen LogP contribution in [-0.2, 0) is 11.0 Å². The third-order valence-corrected chi connectivity index (χ3v) is 4.99. The molecule has 1 atom stereocenters. The van der Waals surface area contributed by atoms with E-state index in [1.807, 2.05) is 0 Å². The number of benzene rings is 1. The number of hydrogen-bond acceptors (Lipinski definition) is 4. The molecule has 1 heterocycles. The van der Waals surface area contributed by atoms with Gasteiger partial charge < -0.3 is 5.32 Å². The number of alkyl halides is 3. The lowest BCUT2D eigenvalue weighted by Crippen LogP contribution is -2.23. The van der Waals surface area contributed by atoms with Gasteiger partial charge in [-0.3, -0.25) is 9.79 Å². The summed E-state index contributed by atoms with van der Waals surface area (Å²) in [4.78, 5) is 16.2. The molecule has 2 rings (SSSR count). The molecule has 1 aliphatic heterocycles. The number of nitrogens with zero attached hydrogens (tertiary/aromatic N) is 1. The summed E-state index contributed by atoms with van der Waals surface area (Å²) in [6, 6.07) is 4.40. The molecule has 0 spiro atoms. The SMILES string of the molecule is C[C@H](SC1=NCCS1)C(=O)Nc1ccc(C(F)(F)F)cc1. The van der Waals surface area contributed by atoms with E-state index in [9.17, 15) is 18.0 Å². The molecule has 8 heteroatoms. The van der Waals surface area contributed by atoms with Crippen molar-refractivity contribution < 1.29 is 18.0 Å². The Morgan fingerprint density at radius 1 is 1.38 bits per heavy atom. The van der Waals surface area contributed by atoms with E-state index in [4.69, 9.17) is 0 Å². The molecule has 1 amide bonds. The first-order valence-electron chi connectivity index (χ1n) is 6.18. The predicted molar refractivity (Wildman–Crippen MR) is 81.9 cm³/mol. The second kappa shape index (κ2) is 6.74. The van der Waals surface area contributed by atoms with Gasteiger partial charge in [0.2, 0.25) is 5.91 Å². The highest BCUT2D eigenvalue weighted by Crippen LogP contribution is 2.30. The van der Waals surface area contributed by atoms with Crippen molar-refractivity contribution in [1.29, 1.82) is 0 Å². The summed E-state index contributed by atoms with van der Waals surface area (Å²) in [5.41, 5.74) is -0.388. The van der Waals surface area contributed by atoms with E-state index in [0.717, 1.165) is 28.8 Å². The van der Waals surface area contributed by atoms with Crippen LogP contribution in [0.25, 0.3) is 0 Å². The van der Waals surface area contributed by atoms with Gasteiger partial charge in [0.05, 0.1) is 17.4 Å². The number of thioether (sulfide) groups is 2. The number of rotatable bonds is 3. The Balaban J connectivity index is 1.92. The maximum Gasteiger partial charge on any atom is 0.416 e. The van der Waals surface area contributed by atoms with Gasteiger partial charge in [-0.1, -0.05) is 23.5 Å². The number of anilines is 1. The molecular formula is C13H13F3N2OS2. The summed E-state index contributed by atoms with van der Waals surface area (Å²) in [5.74, 6) is 0.671. The average Bonchev–Trinajstić information content (AvgIpc) is 2.91. The fourth-order valence-corrected chi connectivity index (χ4v) is 3.71. The van der Waals surface area contributed by atoms with Gasteiger partial charge in [0.15, 0.2) is 0 Å². The Bertz CT molecular complexity index is 543. The summed E-state index contributed by atoms with van der Waals surface area (Å²) in [6.07, 6.45) is -4.37. The fourth-order valence-electron chi connectivity index (χ4n) is 1.58. The van der Waals surface area contributed by atoms with Crippen LogP contribution in [0.15, 0.2) is 29.3 Å². The fraction of sp³-hybridized carbons (Fsp3) is 0.385. The Morgan fingerprint density at radius 3 is 2.57 bits per heavy atom. The summed E-state index contributed by atoms with van der Waals surface area (Å²) >= 11 is 2.97. The molecule has 1 aliphatic rings. The lowest BCUT2D eigenvalue weighted by atomic mass is 10.2. The van der Waals surface area contributed by atoms with Crippen LogP contribution in [0, 0.1) is 0 Å². The maximum absolute atomic E-state index is 12.4. The zero-order valence-electron chi connectivity index (χ0n) is 11.1. The van der Waals surface area contributed by atoms with Gasteiger partial charge in [-0.15, -0.1) is 0 Å². The average molecular weight is 334 g/mol. The second-order valence-electron chi connectivity index (χ2n) is 4.32. The van der Waals surface area contributed by atoms with Gasteiger partial charge in [0.25, 0.3) is 0 Å². The number of aliphatic imine (C=N–C) groups is 1. The van der Waals surface area contributed by atoms with E-state index in [1.54, 1.807) is 18.7 Å². The van der Waals surface area contributed by atoms with E-state index in [2.05, 4.69) is 10.3 Å². The van der Waals surface area contributed by atoms with Crippen LogP contribution in [0.2, 0.25) is 0 Å². The second-order valence-corrected chi connectivity index (χ2v) is 6.99. The number of amides is 1. The first kappa shape index (κ1) is 16.2. The molecule has 0 aromatic heterocycles. The first-order valence-corrected chi connectivity index (χ1v) is 8.05. The van der Waals surface area contributed by atoms with Crippen LogP contribution in [-0.4, -0.2) is 27.8 Å². The highest BCUT2D eigenvalue weighted by atomic mass is 32.2. The molecule has 0 saturated carbocycles. The zero-order chi connectivity index (χ0) is 15.5. The molecule has 0 unspecified atom stereocenters. The number of carbonyl (C=O) groups excluding carboxylic acids is 1. The Morgan fingerprint density at radius 2 is 2.05 bits per heavy atom. The minimum Gasteiger partial charge on any atom is -0.325 e. The third kappa shape index (κ3) is 4.67. The lowest BCUT2D eigenvalue weighted by Gasteiger charge is -2.12. The molecule has 114 valence electrons. The monoisotopic (exact) mass is 334 g/mol. The Kier molecular flexibility index (Phi) is 5.21. The number of hydrogen-bond donors (Lipinski definition) is 1. The molecule has 0 saturated heterocycles. The van der Waals surface area contributed by atoms with E-state index < -0.39 is 11.7 Å². The molecule has 3 nitrogen and oxygen atoms in total. The largest absolute Gasteiger partial charge is 0.416 e. The quantitative estimate of drug-likeness (QED) is 0.912. The zero-order valence-corrected chi connectivity index (χ0v) is 12.7. The molecule has 0 bridgehead atoms. The standard InChI is InChI=1S/C13H13F3N2OS2/c1-8(21-12-17-6-7-20-12)11(19)18-10-4-2-9(3-5-10)13(14,15)16/h2-5,8H,6-7H2,1H3,(H,18,19)/t8-/m0/s1. The summed E-state index contributed by atoms with van der Waals surface area (Å²) in [7, 11) is 0. The summed E-state index contributed by atoms with van der Waals surface area (Å²) < 4.78 is 38.2. The minimum absolute atomic E-state index is 0.255. The first-order chi connectivity index (χ1) is 9.86. The van der Waals surface area contributed by atoms with Crippen LogP contribution in [0.5, 0.6) is 0 Å². The van der Waals surface area contributed by atoms with E-state index >= 15 is 0 Å². The number of halogens is 3. The van der Waals surface area contributed by atoms with Crippen molar-refractivity contribution in [3.05, 3.63) is 29.8 Å². The Labute approximate surface area is 128 Å². The third-order valence-electron chi connectivity index (χ3n) is 2.68. The van der Waals surface area contributed by atoms with Crippen molar-refractivity contribution in [2.24, 2.45) is 4.99 Å². The molecular weight excluding hydrogens is 321 g/mol. The van der Waals surface area contributed by atoms with Gasteiger partial charge in [-0.05, 0) is 31.2 Å². The number of nitrogens with one attached hydrogen (secondary N) is 1. The van der Waals surface area contributed by atoms with Gasteiger partial charge >= 0.3 is 6.18 Å². The summed E-state index contributed by atoms with van der Waals surface area (Å²) in [6.45, 7) is 2.51. The number of carbonyl (C=O) groups is 1. The Hall–Kier alpha value is -1.15. The van der Waals surface area contributed by atoms with Gasteiger partial charge in [-0.25, -0.2) is 0 Å². The lowest BCUT2D eigenvalue weighted by molar-refractivity contribution is -0.137. The molecule has 0 fully saturated rings. The predicted octanol–water partition coefficient (Wildman–Crippen LogP) is 3.87. The molecule has 1 aromatic carbocycles. The molecule has 21 heavy (non-hydrogen) atoms. The van der Waals surface area contributed by atoms with Crippen molar-refractivity contribution in [2.45, 2.75) is 18.3 Å². The van der Waals surface area contributed by atoms with E-state index in [1.165, 1.54) is 23.9 Å². The molecule has 1 N–H and O–H groups in total. The molecule has 0 aliphatic carbocycles. The molecule has 0 radical (unpaired) electrons. The van der Waals surface area contributed by atoms with Crippen molar-refractivity contribution >= 4 is 39.5 Å². The summed E-state index contributed by atoms with van der Waals surface area (Å²) in [5, 5.41) is 2.25. The van der Waals surface area contributed by atoms with E-state index in [0.29, 0.717) is 5.69 Å². The normalized spacial score (nSPS) is 16.5. The van der Waals surface area contributed by atoms with Gasteiger partial charge in [0, 0.05) is 11.4 Å². The van der Waals surface area contributed by atoms with Gasteiger partial charge in [-0.2, -0.15) is 13.2 Å². The van der Waals surface area contributed by atoms with E-state index in [-0.39, 0.29) is 11.2 Å². The maximum atomic E-state index is 12.4. The smallest absolute Gasteiger partial charge is 0.325 e. The van der Waals surface area contributed by atoms with Crippen LogP contribution in [0.4, 0.5) is 18.9 Å². The molecule has 1 aromatic rings. The van der Waals surface area contributed by atoms with Crippen LogP contribution in [0.1, 0.15) is 12.5 Å². The van der Waals surface area contributed by atoms with Gasteiger partial charge in [0.1, 0.15) is 4.38 Å². The highest BCUT2D eigenvalue weighted by Gasteiger charge is 2.30.